The van der Waals surface area contributed by atoms with E-state index in [9.17, 15) is 0 Å². The van der Waals surface area contributed by atoms with Gasteiger partial charge in [0.25, 0.3) is 0 Å². The molecule has 1 aliphatic heterocycles. The van der Waals surface area contributed by atoms with Crippen LogP contribution in [-0.2, 0) is 4.74 Å². The second-order valence-electron chi connectivity index (χ2n) is 4.29. The molecule has 0 bridgehead atoms. The molecule has 0 saturated carbocycles. The summed E-state index contributed by atoms with van der Waals surface area (Å²) in [6.45, 7) is 2.30. The summed E-state index contributed by atoms with van der Waals surface area (Å²) in [5, 5.41) is 3.37. The first-order valence-electron chi connectivity index (χ1n) is 6.12. The Bertz CT molecular complexity index is 530. The van der Waals surface area contributed by atoms with Crippen LogP contribution < -0.4 is 10.1 Å². The molecule has 5 heteroatoms. The fraction of sp³-hybridized carbons (Fsp3) is 0.462. The van der Waals surface area contributed by atoms with Crippen molar-refractivity contribution in [1.29, 1.82) is 0 Å². The fourth-order valence-electron chi connectivity index (χ4n) is 2.12. The minimum atomic E-state index is 0.130. The van der Waals surface area contributed by atoms with Crippen LogP contribution in [0.5, 0.6) is 5.75 Å². The molecule has 96 valence electrons. The maximum atomic E-state index is 5.78. The van der Waals surface area contributed by atoms with Gasteiger partial charge in [0, 0.05) is 19.2 Å². The molecule has 1 aromatic heterocycles. The summed E-state index contributed by atoms with van der Waals surface area (Å²) in [6.07, 6.45) is 0.879. The van der Waals surface area contributed by atoms with Crippen molar-refractivity contribution in [3.8, 4) is 5.75 Å². The number of fused-ring (bicyclic) bond motifs is 1. The maximum Gasteiger partial charge on any atom is 0.212 e. The summed E-state index contributed by atoms with van der Waals surface area (Å²) < 4.78 is 16.4. The van der Waals surface area contributed by atoms with Gasteiger partial charge in [0.2, 0.25) is 5.89 Å². The molecule has 0 aliphatic carbocycles. The highest BCUT2D eigenvalue weighted by Gasteiger charge is 2.19. The van der Waals surface area contributed by atoms with Crippen LogP contribution in [0.1, 0.15) is 18.4 Å². The van der Waals surface area contributed by atoms with Crippen LogP contribution in [0.25, 0.3) is 11.1 Å². The molecular formula is C13H16N2O3. The van der Waals surface area contributed by atoms with Crippen molar-refractivity contribution in [2.75, 3.05) is 26.9 Å². The zero-order chi connectivity index (χ0) is 12.4. The summed E-state index contributed by atoms with van der Waals surface area (Å²) in [5.41, 5.74) is 1.62. The van der Waals surface area contributed by atoms with E-state index >= 15 is 0 Å². The average molecular weight is 248 g/mol. The highest BCUT2D eigenvalue weighted by Crippen LogP contribution is 2.25. The smallest absolute Gasteiger partial charge is 0.212 e. The largest absolute Gasteiger partial charge is 0.497 e. The number of rotatable bonds is 2. The third-order valence-electron chi connectivity index (χ3n) is 3.10. The number of hydrogen-bond donors (Lipinski definition) is 1. The second kappa shape index (κ2) is 4.96. The van der Waals surface area contributed by atoms with E-state index in [0.717, 1.165) is 48.9 Å². The molecule has 1 saturated heterocycles. The fourth-order valence-corrected chi connectivity index (χ4v) is 2.12. The van der Waals surface area contributed by atoms with E-state index in [1.807, 2.05) is 18.2 Å². The van der Waals surface area contributed by atoms with Gasteiger partial charge >= 0.3 is 0 Å². The van der Waals surface area contributed by atoms with Gasteiger partial charge in [-0.3, -0.25) is 0 Å². The van der Waals surface area contributed by atoms with Gasteiger partial charge in [0.15, 0.2) is 5.58 Å². The molecule has 0 radical (unpaired) electrons. The van der Waals surface area contributed by atoms with Crippen LogP contribution in [0.4, 0.5) is 0 Å². The van der Waals surface area contributed by atoms with Gasteiger partial charge < -0.3 is 19.2 Å². The van der Waals surface area contributed by atoms with Crippen molar-refractivity contribution >= 4 is 11.1 Å². The number of methoxy groups -OCH3 is 1. The highest BCUT2D eigenvalue weighted by molar-refractivity contribution is 5.74. The molecule has 1 aromatic carbocycles. The van der Waals surface area contributed by atoms with E-state index in [1.54, 1.807) is 7.11 Å². The molecule has 1 fully saturated rings. The molecule has 1 unspecified atom stereocenters. The number of hydrogen-bond acceptors (Lipinski definition) is 5. The third kappa shape index (κ3) is 2.19. The molecule has 2 aromatic rings. The number of nitrogens with zero attached hydrogens (tertiary/aromatic N) is 1. The normalized spacial score (nSPS) is 20.8. The number of ether oxygens (including phenoxy) is 2. The Morgan fingerprint density at radius 1 is 1.39 bits per heavy atom. The van der Waals surface area contributed by atoms with E-state index in [4.69, 9.17) is 13.9 Å². The Kier molecular flexibility index (Phi) is 3.17. The van der Waals surface area contributed by atoms with Crippen LogP contribution in [0, 0.1) is 0 Å². The zero-order valence-corrected chi connectivity index (χ0v) is 10.3. The summed E-state index contributed by atoms with van der Waals surface area (Å²) in [7, 11) is 1.65. The molecule has 5 nitrogen and oxygen atoms in total. The zero-order valence-electron chi connectivity index (χ0n) is 10.3. The van der Waals surface area contributed by atoms with Gasteiger partial charge in [-0.1, -0.05) is 0 Å². The Balaban J connectivity index is 1.91. The standard InChI is InChI=1S/C13H16N2O3/c1-16-9-2-3-12-11(8-9)15-13(18-12)10-4-6-17-7-5-14-10/h2-3,8,10,14H,4-7H2,1H3. The Morgan fingerprint density at radius 3 is 3.22 bits per heavy atom. The predicted octanol–water partition coefficient (Wildman–Crippen LogP) is 1.89. The van der Waals surface area contributed by atoms with Crippen molar-refractivity contribution in [1.82, 2.24) is 10.3 Å². The minimum Gasteiger partial charge on any atom is -0.497 e. The molecule has 2 heterocycles. The van der Waals surface area contributed by atoms with E-state index in [-0.39, 0.29) is 6.04 Å². The third-order valence-corrected chi connectivity index (χ3v) is 3.10. The topological polar surface area (TPSA) is 56.5 Å². The van der Waals surface area contributed by atoms with E-state index in [1.165, 1.54) is 0 Å². The van der Waals surface area contributed by atoms with E-state index in [0.29, 0.717) is 0 Å². The average Bonchev–Trinajstić information content (AvgIpc) is 2.63. The maximum absolute atomic E-state index is 5.78. The minimum absolute atomic E-state index is 0.130. The van der Waals surface area contributed by atoms with Crippen molar-refractivity contribution < 1.29 is 13.9 Å². The van der Waals surface area contributed by atoms with Gasteiger partial charge in [-0.25, -0.2) is 4.98 Å². The number of benzene rings is 1. The number of nitrogens with one attached hydrogen (secondary N) is 1. The van der Waals surface area contributed by atoms with E-state index in [2.05, 4.69) is 10.3 Å². The van der Waals surface area contributed by atoms with Gasteiger partial charge in [-0.05, 0) is 18.6 Å². The van der Waals surface area contributed by atoms with Crippen molar-refractivity contribution in [3.05, 3.63) is 24.1 Å². The SMILES string of the molecule is COc1ccc2oc(C3CCOCCN3)nc2c1. The summed E-state index contributed by atoms with van der Waals surface area (Å²) in [4.78, 5) is 4.52. The van der Waals surface area contributed by atoms with Gasteiger partial charge in [-0.2, -0.15) is 0 Å². The van der Waals surface area contributed by atoms with Crippen molar-refractivity contribution in [3.63, 3.8) is 0 Å². The Hall–Kier alpha value is -1.59. The number of aromatic nitrogens is 1. The second-order valence-corrected chi connectivity index (χ2v) is 4.29. The van der Waals surface area contributed by atoms with Gasteiger partial charge in [0.1, 0.15) is 11.3 Å². The lowest BCUT2D eigenvalue weighted by molar-refractivity contribution is 0.149. The molecular weight excluding hydrogens is 232 g/mol. The van der Waals surface area contributed by atoms with Crippen molar-refractivity contribution in [2.24, 2.45) is 0 Å². The van der Waals surface area contributed by atoms with Crippen LogP contribution in [0.15, 0.2) is 22.6 Å². The molecule has 0 amide bonds. The van der Waals surface area contributed by atoms with Gasteiger partial charge in [0.05, 0.1) is 19.8 Å². The first kappa shape index (κ1) is 11.5. The predicted molar refractivity (Wildman–Crippen MR) is 66.7 cm³/mol. The lowest BCUT2D eigenvalue weighted by atomic mass is 10.2. The van der Waals surface area contributed by atoms with E-state index < -0.39 is 0 Å². The summed E-state index contributed by atoms with van der Waals surface area (Å²) >= 11 is 0. The van der Waals surface area contributed by atoms with Crippen LogP contribution in [0.2, 0.25) is 0 Å². The molecule has 1 aliphatic rings. The molecule has 0 spiro atoms. The quantitative estimate of drug-likeness (QED) is 0.879. The van der Waals surface area contributed by atoms with Gasteiger partial charge in [-0.15, -0.1) is 0 Å². The van der Waals surface area contributed by atoms with Crippen molar-refractivity contribution in [2.45, 2.75) is 12.5 Å². The molecule has 3 rings (SSSR count). The molecule has 18 heavy (non-hydrogen) atoms. The highest BCUT2D eigenvalue weighted by atomic mass is 16.5. The summed E-state index contributed by atoms with van der Waals surface area (Å²) in [5.74, 6) is 1.52. The lowest BCUT2D eigenvalue weighted by Crippen LogP contribution is -2.22. The summed E-state index contributed by atoms with van der Waals surface area (Å²) in [6, 6.07) is 5.78. The van der Waals surface area contributed by atoms with Crippen LogP contribution in [0.3, 0.4) is 0 Å². The first-order valence-corrected chi connectivity index (χ1v) is 6.12. The van der Waals surface area contributed by atoms with Crippen LogP contribution >= 0.6 is 0 Å². The number of oxazole rings is 1. The first-order chi connectivity index (χ1) is 8.86. The molecule has 1 N–H and O–H groups in total. The molecule has 1 atom stereocenters. The van der Waals surface area contributed by atoms with Crippen LogP contribution in [-0.4, -0.2) is 31.9 Å². The Morgan fingerprint density at radius 2 is 2.33 bits per heavy atom. The Labute approximate surface area is 105 Å². The lowest BCUT2D eigenvalue weighted by Gasteiger charge is -2.09. The monoisotopic (exact) mass is 248 g/mol.